The van der Waals surface area contributed by atoms with Crippen LogP contribution >= 0.6 is 11.6 Å². The van der Waals surface area contributed by atoms with Gasteiger partial charge in [-0.25, -0.2) is 4.98 Å². The number of amides is 1. The standard InChI is InChI=1S/C16H18ClN3O3/c1-9(2)20-8-18-13(11-4-6-12(17)7-5-11)14(20)19-15(21)10(3)16(22)23/h4-10H,1-3H3,(H,19,21)(H,22,23). The normalized spacial score (nSPS) is 12.2. The maximum atomic E-state index is 12.1. The van der Waals surface area contributed by atoms with E-state index in [2.05, 4.69) is 10.3 Å². The number of hydrogen-bond donors (Lipinski definition) is 2. The van der Waals surface area contributed by atoms with E-state index in [0.29, 0.717) is 16.5 Å². The molecule has 0 spiro atoms. The molecule has 1 heterocycles. The summed E-state index contributed by atoms with van der Waals surface area (Å²) in [4.78, 5) is 27.4. The second-order valence-electron chi connectivity index (χ2n) is 5.50. The van der Waals surface area contributed by atoms with Crippen molar-refractivity contribution in [1.29, 1.82) is 0 Å². The van der Waals surface area contributed by atoms with E-state index in [1.165, 1.54) is 6.92 Å². The number of hydrogen-bond acceptors (Lipinski definition) is 3. The third-order valence-corrected chi connectivity index (χ3v) is 3.73. The molecule has 1 aromatic heterocycles. The summed E-state index contributed by atoms with van der Waals surface area (Å²) in [7, 11) is 0. The molecule has 122 valence electrons. The maximum absolute atomic E-state index is 12.1. The van der Waals surface area contributed by atoms with E-state index in [1.54, 1.807) is 35.2 Å². The molecule has 2 aromatic rings. The zero-order valence-corrected chi connectivity index (χ0v) is 13.8. The summed E-state index contributed by atoms with van der Waals surface area (Å²) in [5.74, 6) is -2.44. The summed E-state index contributed by atoms with van der Waals surface area (Å²) >= 11 is 5.89. The quantitative estimate of drug-likeness (QED) is 0.820. The number of aromatic nitrogens is 2. The Morgan fingerprint density at radius 2 is 1.83 bits per heavy atom. The van der Waals surface area contributed by atoms with Crippen molar-refractivity contribution < 1.29 is 14.7 Å². The molecule has 0 aliphatic rings. The van der Waals surface area contributed by atoms with Crippen LogP contribution in [0.4, 0.5) is 5.82 Å². The lowest BCUT2D eigenvalue weighted by Crippen LogP contribution is -2.28. The lowest BCUT2D eigenvalue weighted by Gasteiger charge is -2.15. The highest BCUT2D eigenvalue weighted by Gasteiger charge is 2.24. The molecule has 0 saturated carbocycles. The van der Waals surface area contributed by atoms with Crippen LogP contribution in [0.3, 0.4) is 0 Å². The highest BCUT2D eigenvalue weighted by Crippen LogP contribution is 2.30. The number of benzene rings is 1. The number of carboxylic acids is 1. The molecule has 7 heteroatoms. The molecule has 0 bridgehead atoms. The number of anilines is 1. The van der Waals surface area contributed by atoms with Crippen molar-refractivity contribution in [2.75, 3.05) is 5.32 Å². The summed E-state index contributed by atoms with van der Waals surface area (Å²) in [6.07, 6.45) is 1.62. The summed E-state index contributed by atoms with van der Waals surface area (Å²) in [5, 5.41) is 12.3. The lowest BCUT2D eigenvalue weighted by molar-refractivity contribution is -0.144. The molecule has 23 heavy (non-hydrogen) atoms. The monoisotopic (exact) mass is 335 g/mol. The average molecular weight is 336 g/mol. The van der Waals surface area contributed by atoms with E-state index in [9.17, 15) is 9.59 Å². The second kappa shape index (κ2) is 6.83. The molecule has 1 aromatic carbocycles. The van der Waals surface area contributed by atoms with Crippen LogP contribution in [0, 0.1) is 5.92 Å². The highest BCUT2D eigenvalue weighted by molar-refractivity contribution is 6.30. The second-order valence-corrected chi connectivity index (χ2v) is 5.94. The van der Waals surface area contributed by atoms with Crippen molar-refractivity contribution in [3.8, 4) is 11.3 Å². The van der Waals surface area contributed by atoms with Gasteiger partial charge in [-0.05, 0) is 32.9 Å². The molecule has 0 aliphatic heterocycles. The molecule has 0 aliphatic carbocycles. The van der Waals surface area contributed by atoms with Gasteiger partial charge in [0.2, 0.25) is 5.91 Å². The summed E-state index contributed by atoms with van der Waals surface area (Å²) < 4.78 is 1.79. The minimum atomic E-state index is -1.17. The Bertz CT molecular complexity index is 723. The van der Waals surface area contributed by atoms with Gasteiger partial charge >= 0.3 is 5.97 Å². The molecule has 2 N–H and O–H groups in total. The van der Waals surface area contributed by atoms with E-state index in [-0.39, 0.29) is 6.04 Å². The first-order valence-corrected chi connectivity index (χ1v) is 7.55. The molecule has 0 saturated heterocycles. The molecular weight excluding hydrogens is 318 g/mol. The number of rotatable bonds is 5. The maximum Gasteiger partial charge on any atom is 0.315 e. The largest absolute Gasteiger partial charge is 0.481 e. The van der Waals surface area contributed by atoms with Gasteiger partial charge in [0.1, 0.15) is 17.4 Å². The van der Waals surface area contributed by atoms with E-state index >= 15 is 0 Å². The first-order valence-electron chi connectivity index (χ1n) is 7.17. The van der Waals surface area contributed by atoms with Crippen LogP contribution in [0.5, 0.6) is 0 Å². The average Bonchev–Trinajstić information content (AvgIpc) is 2.90. The molecule has 1 atom stereocenters. The van der Waals surface area contributed by atoms with Crippen LogP contribution < -0.4 is 5.32 Å². The van der Waals surface area contributed by atoms with E-state index < -0.39 is 17.8 Å². The fraction of sp³-hybridized carbons (Fsp3) is 0.312. The third kappa shape index (κ3) is 3.71. The van der Waals surface area contributed by atoms with Gasteiger partial charge in [0.05, 0.1) is 6.33 Å². The molecule has 1 unspecified atom stereocenters. The molecule has 0 radical (unpaired) electrons. The molecule has 1 amide bonds. The van der Waals surface area contributed by atoms with Crippen molar-refractivity contribution in [3.63, 3.8) is 0 Å². The number of imidazole rings is 1. The zero-order chi connectivity index (χ0) is 17.1. The van der Waals surface area contributed by atoms with Crippen molar-refractivity contribution in [2.24, 2.45) is 5.92 Å². The van der Waals surface area contributed by atoms with Gasteiger partial charge in [-0.1, -0.05) is 23.7 Å². The first-order chi connectivity index (χ1) is 10.8. The molecular formula is C16H18ClN3O3. The predicted octanol–water partition coefficient (Wildman–Crippen LogP) is 3.44. The van der Waals surface area contributed by atoms with Crippen LogP contribution in [-0.2, 0) is 9.59 Å². The Hall–Kier alpha value is -2.34. The van der Waals surface area contributed by atoms with Crippen molar-refractivity contribution in [1.82, 2.24) is 9.55 Å². The van der Waals surface area contributed by atoms with Gasteiger partial charge in [0.25, 0.3) is 0 Å². The minimum Gasteiger partial charge on any atom is -0.481 e. The SMILES string of the molecule is CC(C(=O)O)C(=O)Nc1c(-c2ccc(Cl)cc2)ncn1C(C)C. The van der Waals surface area contributed by atoms with E-state index in [4.69, 9.17) is 16.7 Å². The van der Waals surface area contributed by atoms with Crippen LogP contribution in [0.15, 0.2) is 30.6 Å². The van der Waals surface area contributed by atoms with Gasteiger partial charge in [0.15, 0.2) is 0 Å². The van der Waals surface area contributed by atoms with Gasteiger partial charge < -0.3 is 15.0 Å². The number of nitrogens with one attached hydrogen (secondary N) is 1. The van der Waals surface area contributed by atoms with E-state index in [0.717, 1.165) is 5.56 Å². The number of aliphatic carboxylic acids is 1. The Kier molecular flexibility index (Phi) is 5.05. The Morgan fingerprint density at radius 3 is 2.35 bits per heavy atom. The Balaban J connectivity index is 2.43. The number of nitrogens with zero attached hydrogens (tertiary/aromatic N) is 2. The summed E-state index contributed by atoms with van der Waals surface area (Å²) in [6, 6.07) is 7.11. The van der Waals surface area contributed by atoms with Gasteiger partial charge in [0, 0.05) is 16.6 Å². The van der Waals surface area contributed by atoms with Crippen molar-refractivity contribution in [3.05, 3.63) is 35.6 Å². The fourth-order valence-corrected chi connectivity index (χ4v) is 2.16. The zero-order valence-electron chi connectivity index (χ0n) is 13.1. The van der Waals surface area contributed by atoms with Gasteiger partial charge in [-0.3, -0.25) is 9.59 Å². The van der Waals surface area contributed by atoms with Gasteiger partial charge in [-0.15, -0.1) is 0 Å². The molecule has 0 fully saturated rings. The van der Waals surface area contributed by atoms with Crippen LogP contribution in [0.25, 0.3) is 11.3 Å². The molecule has 2 rings (SSSR count). The van der Waals surface area contributed by atoms with E-state index in [1.807, 2.05) is 13.8 Å². The Morgan fingerprint density at radius 1 is 1.22 bits per heavy atom. The topological polar surface area (TPSA) is 84.2 Å². The fourth-order valence-electron chi connectivity index (χ4n) is 2.03. The molecule has 6 nitrogen and oxygen atoms in total. The minimum absolute atomic E-state index is 0.0546. The van der Waals surface area contributed by atoms with Crippen LogP contribution in [0.2, 0.25) is 5.02 Å². The predicted molar refractivity (Wildman–Crippen MR) is 88.5 cm³/mol. The number of carboxylic acid groups (broad SMARTS) is 1. The van der Waals surface area contributed by atoms with Crippen LogP contribution in [-0.4, -0.2) is 26.5 Å². The third-order valence-electron chi connectivity index (χ3n) is 3.47. The number of carbonyl (C=O) groups is 2. The van der Waals surface area contributed by atoms with Gasteiger partial charge in [-0.2, -0.15) is 0 Å². The summed E-state index contributed by atoms with van der Waals surface area (Å²) in [5.41, 5.74) is 1.35. The smallest absolute Gasteiger partial charge is 0.315 e. The van der Waals surface area contributed by atoms with Crippen molar-refractivity contribution in [2.45, 2.75) is 26.8 Å². The van der Waals surface area contributed by atoms with Crippen LogP contribution in [0.1, 0.15) is 26.8 Å². The first kappa shape index (κ1) is 17.0. The number of carbonyl (C=O) groups excluding carboxylic acids is 1. The summed E-state index contributed by atoms with van der Waals surface area (Å²) in [6.45, 7) is 5.24. The Labute approximate surface area is 139 Å². The number of halogens is 1. The highest BCUT2D eigenvalue weighted by atomic mass is 35.5. The van der Waals surface area contributed by atoms with Crippen molar-refractivity contribution >= 4 is 29.3 Å². The lowest BCUT2D eigenvalue weighted by atomic mass is 10.1.